The van der Waals surface area contributed by atoms with Gasteiger partial charge in [0.05, 0.1) is 4.90 Å². The Morgan fingerprint density at radius 3 is 2.45 bits per heavy atom. The lowest BCUT2D eigenvalue weighted by atomic mass is 9.89. The molecule has 6 nitrogen and oxygen atoms in total. The van der Waals surface area contributed by atoms with Crippen molar-refractivity contribution in [3.05, 3.63) is 59.4 Å². The van der Waals surface area contributed by atoms with E-state index in [0.29, 0.717) is 29.2 Å². The fourth-order valence-corrected chi connectivity index (χ4v) is 4.14. The molecule has 1 atom stereocenters. The van der Waals surface area contributed by atoms with Gasteiger partial charge in [0.1, 0.15) is 0 Å². The fourth-order valence-electron chi connectivity index (χ4n) is 3.18. The highest BCUT2D eigenvalue weighted by Gasteiger charge is 2.16. The van der Waals surface area contributed by atoms with Crippen molar-refractivity contribution in [1.29, 1.82) is 0 Å². The maximum absolute atomic E-state index is 11.7. The number of aliphatic imine (C=N–C) groups is 1. The first-order chi connectivity index (χ1) is 13.2. The summed E-state index contributed by atoms with van der Waals surface area (Å²) < 4.78 is 23.5. The van der Waals surface area contributed by atoms with E-state index in [9.17, 15) is 8.42 Å². The number of hydrogen-bond donors (Lipinski definition) is 2. The van der Waals surface area contributed by atoms with Gasteiger partial charge in [-0.15, -0.1) is 24.0 Å². The van der Waals surface area contributed by atoms with Crippen molar-refractivity contribution in [2.45, 2.75) is 38.1 Å². The number of hydrogen-bond acceptors (Lipinski definition) is 4. The van der Waals surface area contributed by atoms with Gasteiger partial charge in [-0.05, 0) is 41.7 Å². The van der Waals surface area contributed by atoms with Gasteiger partial charge in [-0.25, -0.2) is 8.42 Å². The normalized spacial score (nSPS) is 13.0. The number of rotatable bonds is 7. The van der Waals surface area contributed by atoms with E-state index in [1.165, 1.54) is 11.8 Å². The second-order valence-electron chi connectivity index (χ2n) is 7.32. The van der Waals surface area contributed by atoms with Crippen LogP contribution in [0.15, 0.2) is 52.6 Å². The Morgan fingerprint density at radius 2 is 1.93 bits per heavy atom. The number of nitrogens with zero attached hydrogens (tertiary/aromatic N) is 2. The van der Waals surface area contributed by atoms with Crippen molar-refractivity contribution in [3.8, 4) is 0 Å². The van der Waals surface area contributed by atoms with Gasteiger partial charge < -0.3 is 10.6 Å². The molecule has 29 heavy (non-hydrogen) atoms. The minimum atomic E-state index is -3.20. The molecule has 2 N–H and O–H groups in total. The Balaban J connectivity index is 0.00000420. The predicted molar refractivity (Wildman–Crippen MR) is 130 cm³/mol. The maximum atomic E-state index is 11.7. The predicted octanol–water partition coefficient (Wildman–Crippen LogP) is 3.52. The van der Waals surface area contributed by atoms with Crippen LogP contribution in [0.1, 0.15) is 36.5 Å². The maximum Gasteiger partial charge on any atom is 0.191 e. The number of pyridine rings is 1. The van der Waals surface area contributed by atoms with Crippen molar-refractivity contribution in [1.82, 2.24) is 15.6 Å². The summed E-state index contributed by atoms with van der Waals surface area (Å²) in [6.07, 6.45) is 4.92. The van der Waals surface area contributed by atoms with Crippen LogP contribution in [0.5, 0.6) is 0 Å². The number of benzene rings is 1. The van der Waals surface area contributed by atoms with E-state index >= 15 is 0 Å². The first kappa shape index (κ1) is 25.4. The van der Waals surface area contributed by atoms with Gasteiger partial charge in [-0.1, -0.05) is 32.0 Å². The largest absolute Gasteiger partial charge is 0.356 e. The fraction of sp³-hybridized carbons (Fsp3) is 0.429. The van der Waals surface area contributed by atoms with Gasteiger partial charge in [0.15, 0.2) is 15.8 Å². The van der Waals surface area contributed by atoms with Crippen molar-refractivity contribution < 1.29 is 8.42 Å². The second-order valence-corrected chi connectivity index (χ2v) is 9.30. The summed E-state index contributed by atoms with van der Waals surface area (Å²) in [5.41, 5.74) is 2.95. The van der Waals surface area contributed by atoms with Crippen LogP contribution >= 0.6 is 24.0 Å². The Hall–Kier alpha value is -1.68. The number of halogens is 1. The van der Waals surface area contributed by atoms with Gasteiger partial charge in [0, 0.05) is 44.7 Å². The Labute approximate surface area is 191 Å². The summed E-state index contributed by atoms with van der Waals surface area (Å²) in [6.45, 7) is 7.51. The third-order valence-electron chi connectivity index (χ3n) is 4.73. The van der Waals surface area contributed by atoms with Crippen LogP contribution in [0.25, 0.3) is 0 Å². The Kier molecular flexibility index (Phi) is 10.0. The average Bonchev–Trinajstić information content (AvgIpc) is 2.64. The highest BCUT2D eigenvalue weighted by Crippen LogP contribution is 2.22. The molecule has 1 aromatic heterocycles. The highest BCUT2D eigenvalue weighted by atomic mass is 127. The number of aryl methyl sites for hydroxylation is 1. The zero-order valence-corrected chi connectivity index (χ0v) is 20.8. The minimum Gasteiger partial charge on any atom is -0.356 e. The molecule has 0 bridgehead atoms. The lowest BCUT2D eigenvalue weighted by molar-refractivity contribution is 0.487. The smallest absolute Gasteiger partial charge is 0.191 e. The van der Waals surface area contributed by atoms with Crippen LogP contribution in [-0.4, -0.2) is 39.2 Å². The van der Waals surface area contributed by atoms with Crippen molar-refractivity contribution in [2.75, 3.05) is 19.8 Å². The van der Waals surface area contributed by atoms with Crippen LogP contribution in [-0.2, 0) is 16.4 Å². The van der Waals surface area contributed by atoms with Gasteiger partial charge in [0.2, 0.25) is 0 Å². The summed E-state index contributed by atoms with van der Waals surface area (Å²) in [5.74, 6) is 1.49. The second kappa shape index (κ2) is 11.5. The zero-order chi connectivity index (χ0) is 20.7. The molecule has 0 fully saturated rings. The molecule has 0 aliphatic rings. The van der Waals surface area contributed by atoms with Crippen molar-refractivity contribution >= 4 is 39.8 Å². The summed E-state index contributed by atoms with van der Waals surface area (Å²) >= 11 is 0. The molecule has 0 saturated carbocycles. The van der Waals surface area contributed by atoms with E-state index in [1.807, 2.05) is 31.3 Å². The summed E-state index contributed by atoms with van der Waals surface area (Å²) in [7, 11) is -1.46. The molecule has 0 spiro atoms. The number of sulfone groups is 1. The SMILES string of the molecule is CN=C(NCc1ccc(S(C)(=O)=O)c(C)c1)NCC(c1cccnc1)C(C)C.I. The van der Waals surface area contributed by atoms with Gasteiger partial charge in [0.25, 0.3) is 0 Å². The van der Waals surface area contributed by atoms with Gasteiger partial charge in [-0.2, -0.15) is 0 Å². The van der Waals surface area contributed by atoms with Crippen LogP contribution < -0.4 is 10.6 Å². The molecule has 160 valence electrons. The van der Waals surface area contributed by atoms with Crippen LogP contribution in [0.2, 0.25) is 0 Å². The van der Waals surface area contributed by atoms with Crippen LogP contribution in [0, 0.1) is 12.8 Å². The highest BCUT2D eigenvalue weighted by molar-refractivity contribution is 14.0. The number of nitrogens with one attached hydrogen (secondary N) is 2. The van der Waals surface area contributed by atoms with E-state index < -0.39 is 9.84 Å². The van der Waals surface area contributed by atoms with E-state index in [0.717, 1.165) is 17.7 Å². The van der Waals surface area contributed by atoms with E-state index in [2.05, 4.69) is 40.5 Å². The molecule has 0 amide bonds. The van der Waals surface area contributed by atoms with Gasteiger partial charge >= 0.3 is 0 Å². The van der Waals surface area contributed by atoms with Crippen molar-refractivity contribution in [2.24, 2.45) is 10.9 Å². The first-order valence-electron chi connectivity index (χ1n) is 9.36. The third kappa shape index (κ3) is 7.58. The Morgan fingerprint density at radius 1 is 1.21 bits per heavy atom. The monoisotopic (exact) mass is 530 g/mol. The molecule has 8 heteroatoms. The lowest BCUT2D eigenvalue weighted by Crippen LogP contribution is -2.39. The number of aromatic nitrogens is 1. The molecule has 0 aliphatic heterocycles. The molecule has 2 rings (SSSR count). The zero-order valence-electron chi connectivity index (χ0n) is 17.6. The van der Waals surface area contributed by atoms with Gasteiger partial charge in [-0.3, -0.25) is 9.98 Å². The molecular weight excluding hydrogens is 499 g/mol. The quantitative estimate of drug-likeness (QED) is 0.325. The molecule has 2 aromatic rings. The summed E-state index contributed by atoms with van der Waals surface area (Å²) in [4.78, 5) is 8.89. The van der Waals surface area contributed by atoms with E-state index in [1.54, 1.807) is 19.3 Å². The van der Waals surface area contributed by atoms with Crippen LogP contribution in [0.3, 0.4) is 0 Å². The molecular formula is C21H31IN4O2S. The third-order valence-corrected chi connectivity index (χ3v) is 5.99. The molecule has 0 saturated heterocycles. The van der Waals surface area contributed by atoms with Crippen LogP contribution in [0.4, 0.5) is 0 Å². The lowest BCUT2D eigenvalue weighted by Gasteiger charge is -2.23. The summed E-state index contributed by atoms with van der Waals surface area (Å²) in [5, 5.41) is 6.68. The summed E-state index contributed by atoms with van der Waals surface area (Å²) in [6, 6.07) is 9.44. The average molecular weight is 530 g/mol. The van der Waals surface area contributed by atoms with E-state index in [-0.39, 0.29) is 24.0 Å². The Bertz CT molecular complexity index is 916. The molecule has 1 aromatic carbocycles. The molecule has 1 heterocycles. The standard InChI is InChI=1S/C21H30N4O2S.HI/c1-15(2)19(18-7-6-10-23-13-18)14-25-21(22-4)24-12-17-8-9-20(16(3)11-17)28(5,26)27;/h6-11,13,15,19H,12,14H2,1-5H3,(H2,22,24,25);1H. The molecule has 1 unspecified atom stereocenters. The topological polar surface area (TPSA) is 83.5 Å². The number of guanidine groups is 1. The van der Waals surface area contributed by atoms with Crippen molar-refractivity contribution in [3.63, 3.8) is 0 Å². The first-order valence-corrected chi connectivity index (χ1v) is 11.3. The minimum absolute atomic E-state index is 0. The van der Waals surface area contributed by atoms with E-state index in [4.69, 9.17) is 0 Å². The molecule has 0 radical (unpaired) electrons. The molecule has 0 aliphatic carbocycles.